The molecule has 268 valence electrons. The summed E-state index contributed by atoms with van der Waals surface area (Å²) in [4.78, 5) is 26.1. The maximum atomic E-state index is 15.8. The Morgan fingerprint density at radius 3 is 2.37 bits per heavy atom. The number of anilines is 2. The predicted octanol–water partition coefficient (Wildman–Crippen LogP) is 7.65. The van der Waals surface area contributed by atoms with Crippen LogP contribution in [0.1, 0.15) is 5.56 Å². The number of imide groups is 1. The summed E-state index contributed by atoms with van der Waals surface area (Å²) in [6.45, 7) is -0.396. The molecule has 0 saturated carbocycles. The van der Waals surface area contributed by atoms with Crippen molar-refractivity contribution >= 4 is 67.3 Å². The maximum absolute atomic E-state index is 15.8. The van der Waals surface area contributed by atoms with Gasteiger partial charge in [0.25, 0.3) is 10.0 Å². The van der Waals surface area contributed by atoms with E-state index in [1.165, 1.54) is 56.7 Å². The summed E-state index contributed by atoms with van der Waals surface area (Å²) < 4.78 is 85.6. The summed E-state index contributed by atoms with van der Waals surface area (Å²) in [6, 6.07) is 14.0. The molecule has 6 aromatic rings. The summed E-state index contributed by atoms with van der Waals surface area (Å²) in [5.41, 5.74) is 0.819. The van der Waals surface area contributed by atoms with Crippen LogP contribution in [-0.4, -0.2) is 59.6 Å². The fourth-order valence-electron chi connectivity index (χ4n) is 5.03. The van der Waals surface area contributed by atoms with Gasteiger partial charge in [0.2, 0.25) is 5.13 Å². The molecule has 2 amide bonds. The molecular weight excluding hydrogens is 752 g/mol. The molecule has 2 heterocycles. The SMILES string of the molecule is COc1ccc(CN(c2ncns2)S(=O)(=O)c2cc(F)c(Oc3ccc(Cl)cc3-c3ccc4onc(N(C(=O)O)C(=O)O)c4c3)cc2F)c(OC)c1. The quantitative estimate of drug-likeness (QED) is 0.130. The lowest BCUT2D eigenvalue weighted by Crippen LogP contribution is -2.34. The van der Waals surface area contributed by atoms with Crippen LogP contribution >= 0.6 is 23.1 Å². The average Bonchev–Trinajstić information content (AvgIpc) is 3.79. The van der Waals surface area contributed by atoms with Gasteiger partial charge in [-0.05, 0) is 48.0 Å². The molecule has 0 radical (unpaired) electrons. The largest absolute Gasteiger partial charge is 0.497 e. The lowest BCUT2D eigenvalue weighted by atomic mass is 10.0. The van der Waals surface area contributed by atoms with Crippen molar-refractivity contribution in [3.8, 4) is 34.1 Å². The number of benzene rings is 4. The van der Waals surface area contributed by atoms with Gasteiger partial charge in [0.05, 0.1) is 26.2 Å². The molecule has 2 aromatic heterocycles. The van der Waals surface area contributed by atoms with Gasteiger partial charge in [-0.25, -0.2) is 36.1 Å². The van der Waals surface area contributed by atoms with E-state index < -0.39 is 56.9 Å². The van der Waals surface area contributed by atoms with E-state index in [1.807, 2.05) is 0 Å². The van der Waals surface area contributed by atoms with Gasteiger partial charge in [-0.15, -0.1) is 0 Å². The Morgan fingerprint density at radius 1 is 0.923 bits per heavy atom. The molecule has 0 aliphatic rings. The first-order valence-corrected chi connectivity index (χ1v) is 17.0. The van der Waals surface area contributed by atoms with E-state index in [9.17, 15) is 28.2 Å². The van der Waals surface area contributed by atoms with E-state index >= 15 is 8.78 Å². The van der Waals surface area contributed by atoms with E-state index in [0.717, 1.165) is 10.6 Å². The normalized spacial score (nSPS) is 11.3. The molecule has 0 atom stereocenters. The second-order valence-corrected chi connectivity index (χ2v) is 13.5. The van der Waals surface area contributed by atoms with Gasteiger partial charge >= 0.3 is 12.2 Å². The highest BCUT2D eigenvalue weighted by Crippen LogP contribution is 2.40. The molecule has 0 spiro atoms. The highest BCUT2D eigenvalue weighted by Gasteiger charge is 2.33. The van der Waals surface area contributed by atoms with Crippen LogP contribution in [0.15, 0.2) is 82.5 Å². The van der Waals surface area contributed by atoms with E-state index in [0.29, 0.717) is 35.0 Å². The Bertz CT molecular complexity index is 2430. The van der Waals surface area contributed by atoms with Crippen molar-refractivity contribution in [1.82, 2.24) is 14.5 Å². The number of hydrogen-bond donors (Lipinski definition) is 2. The number of halogens is 3. The summed E-state index contributed by atoms with van der Waals surface area (Å²) in [5.74, 6) is -3.25. The lowest BCUT2D eigenvalue weighted by Gasteiger charge is -2.23. The van der Waals surface area contributed by atoms with Crippen LogP contribution in [-0.2, 0) is 16.6 Å². The molecule has 0 bridgehead atoms. The van der Waals surface area contributed by atoms with Crippen LogP contribution in [0.3, 0.4) is 0 Å². The minimum Gasteiger partial charge on any atom is -0.497 e. The lowest BCUT2D eigenvalue weighted by molar-refractivity contribution is 0.183. The van der Waals surface area contributed by atoms with Gasteiger partial charge in [0.15, 0.2) is 23.0 Å². The Kier molecular flexibility index (Phi) is 9.83. The summed E-state index contributed by atoms with van der Waals surface area (Å²) in [6.07, 6.45) is -2.56. The fraction of sp³-hybridized carbons (Fsp3) is 0.0938. The van der Waals surface area contributed by atoms with Crippen LogP contribution in [0.5, 0.6) is 23.0 Å². The highest BCUT2D eigenvalue weighted by atomic mass is 35.5. The zero-order valence-corrected chi connectivity index (χ0v) is 28.9. The number of ether oxygens (including phenoxy) is 3. The van der Waals surface area contributed by atoms with E-state index in [2.05, 4.69) is 14.5 Å². The number of fused-ring (bicyclic) bond motifs is 1. The maximum Gasteiger partial charge on any atom is 0.422 e. The van der Waals surface area contributed by atoms with Crippen molar-refractivity contribution in [3.63, 3.8) is 0 Å². The molecule has 0 saturated heterocycles. The van der Waals surface area contributed by atoms with E-state index in [-0.39, 0.29) is 48.6 Å². The number of carboxylic acid groups (broad SMARTS) is 2. The molecular formula is C32H22ClF2N5O10S2. The minimum atomic E-state index is -4.84. The number of aromatic nitrogens is 3. The van der Waals surface area contributed by atoms with Gasteiger partial charge in [-0.2, -0.15) is 9.27 Å². The smallest absolute Gasteiger partial charge is 0.422 e. The Hall–Kier alpha value is -6.05. The zero-order chi connectivity index (χ0) is 37.3. The second kappa shape index (κ2) is 14.3. The molecule has 4 aromatic carbocycles. The summed E-state index contributed by atoms with van der Waals surface area (Å²) >= 11 is 6.96. The Morgan fingerprint density at radius 2 is 1.69 bits per heavy atom. The van der Waals surface area contributed by atoms with Crippen LogP contribution in [0.4, 0.5) is 29.3 Å². The molecule has 15 nitrogen and oxygen atoms in total. The number of carbonyl (C=O) groups is 2. The van der Waals surface area contributed by atoms with Crippen molar-refractivity contribution in [3.05, 3.63) is 95.3 Å². The van der Waals surface area contributed by atoms with Crippen LogP contribution in [0, 0.1) is 11.6 Å². The predicted molar refractivity (Wildman–Crippen MR) is 182 cm³/mol. The fourth-order valence-corrected chi connectivity index (χ4v) is 7.39. The molecule has 0 aliphatic heterocycles. The van der Waals surface area contributed by atoms with Gasteiger partial charge in [-0.3, -0.25) is 0 Å². The summed E-state index contributed by atoms with van der Waals surface area (Å²) in [7, 11) is -2.02. The molecule has 0 unspecified atom stereocenters. The third-order valence-electron chi connectivity index (χ3n) is 7.44. The van der Waals surface area contributed by atoms with Gasteiger partial charge in [-0.1, -0.05) is 22.8 Å². The number of methoxy groups -OCH3 is 2. The molecule has 0 fully saturated rings. The van der Waals surface area contributed by atoms with Crippen LogP contribution in [0.25, 0.3) is 22.1 Å². The first-order chi connectivity index (χ1) is 24.8. The number of rotatable bonds is 11. The Labute approximate surface area is 301 Å². The Balaban J connectivity index is 1.37. The van der Waals surface area contributed by atoms with Gasteiger partial charge in [0.1, 0.15) is 34.3 Å². The van der Waals surface area contributed by atoms with E-state index in [1.54, 1.807) is 12.1 Å². The van der Waals surface area contributed by atoms with Crippen molar-refractivity contribution in [2.45, 2.75) is 11.4 Å². The summed E-state index contributed by atoms with van der Waals surface area (Å²) in [5, 5.41) is 22.4. The van der Waals surface area contributed by atoms with Gasteiger partial charge < -0.3 is 28.9 Å². The highest BCUT2D eigenvalue weighted by molar-refractivity contribution is 7.93. The number of nitrogens with zero attached hydrogens (tertiary/aromatic N) is 5. The third kappa shape index (κ3) is 6.83. The molecule has 2 N–H and O–H groups in total. The number of sulfonamides is 1. The number of hydrogen-bond acceptors (Lipinski definition) is 12. The zero-order valence-electron chi connectivity index (χ0n) is 26.5. The molecule has 20 heteroatoms. The van der Waals surface area contributed by atoms with Crippen molar-refractivity contribution in [2.75, 3.05) is 23.4 Å². The van der Waals surface area contributed by atoms with Gasteiger partial charge in [0, 0.05) is 45.9 Å². The molecule has 0 aliphatic carbocycles. The topological polar surface area (TPSA) is 195 Å². The first kappa shape index (κ1) is 35.8. The van der Waals surface area contributed by atoms with Crippen LogP contribution < -0.4 is 23.4 Å². The van der Waals surface area contributed by atoms with Crippen LogP contribution in [0.2, 0.25) is 5.02 Å². The number of amides is 2. The minimum absolute atomic E-state index is 0.0211. The first-order valence-electron chi connectivity index (χ1n) is 14.4. The third-order valence-corrected chi connectivity index (χ3v) is 10.2. The van der Waals surface area contributed by atoms with Crippen molar-refractivity contribution in [2.24, 2.45) is 0 Å². The standard InChI is InChI=1S/C32H22ClF2N5O10S2/c1-47-19-6-3-17(26(11-19)48-2)14-39(30-36-15-37-51-30)52(45,46)28-13-22(34)27(12-23(28)35)49-24-8-5-18(33)10-20(24)16-4-7-25-21(9-16)29(38-50-25)40(31(41)42)32(43)44/h3-13,15H,14H2,1-2H3,(H,41,42)(H,43,44). The molecule has 52 heavy (non-hydrogen) atoms. The van der Waals surface area contributed by atoms with E-state index in [4.69, 9.17) is 30.3 Å². The molecule has 6 rings (SSSR count). The van der Waals surface area contributed by atoms with Crippen molar-refractivity contribution in [1.29, 1.82) is 0 Å². The average molecular weight is 774 g/mol. The monoisotopic (exact) mass is 773 g/mol. The van der Waals surface area contributed by atoms with Crippen molar-refractivity contribution < 1.29 is 55.7 Å². The second-order valence-electron chi connectivity index (χ2n) is 10.5.